The zero-order chi connectivity index (χ0) is 19.7. The summed E-state index contributed by atoms with van der Waals surface area (Å²) in [6.45, 7) is 1.50. The molecular weight excluding hydrogens is 402 g/mol. The smallest absolute Gasteiger partial charge is 0.191 e. The number of rotatable bonds is 8. The Morgan fingerprint density at radius 3 is 2.26 bits per heavy atom. The molecule has 2 aromatic rings. The maximum absolute atomic E-state index is 11.5. The number of halogens is 1. The molecule has 146 valence electrons. The second-order valence-electron chi connectivity index (χ2n) is 5.89. The van der Waals surface area contributed by atoms with Crippen LogP contribution in [0.3, 0.4) is 0 Å². The number of benzene rings is 2. The molecule has 5 nitrogen and oxygen atoms in total. The third kappa shape index (κ3) is 7.82. The standard InChI is InChI=1S/C19H24ClN3O2S2/c1-21-19(23-13-14-26-17-7-5-16(20)6-8-17)22-12-11-15-3-9-18(10-4-15)27(2,24)25/h3-10H,11-14H2,1-2H3,(H2,21,22,23). The zero-order valence-corrected chi connectivity index (χ0v) is 17.8. The summed E-state index contributed by atoms with van der Waals surface area (Å²) >= 11 is 7.63. The second-order valence-corrected chi connectivity index (χ2v) is 9.51. The summed E-state index contributed by atoms with van der Waals surface area (Å²) in [5, 5.41) is 7.29. The van der Waals surface area contributed by atoms with E-state index >= 15 is 0 Å². The van der Waals surface area contributed by atoms with Crippen LogP contribution >= 0.6 is 23.4 Å². The number of hydrogen-bond donors (Lipinski definition) is 2. The first-order chi connectivity index (χ1) is 12.9. The number of hydrogen-bond acceptors (Lipinski definition) is 4. The second kappa shape index (κ2) is 10.6. The van der Waals surface area contributed by atoms with Crippen molar-refractivity contribution in [2.45, 2.75) is 16.2 Å². The van der Waals surface area contributed by atoms with Crippen LogP contribution in [0.4, 0.5) is 0 Å². The Labute approximate surface area is 170 Å². The highest BCUT2D eigenvalue weighted by Crippen LogP contribution is 2.19. The number of guanidine groups is 1. The molecule has 27 heavy (non-hydrogen) atoms. The van der Waals surface area contributed by atoms with E-state index in [1.54, 1.807) is 30.9 Å². The van der Waals surface area contributed by atoms with Gasteiger partial charge in [-0.2, -0.15) is 0 Å². The lowest BCUT2D eigenvalue weighted by atomic mass is 10.1. The maximum Gasteiger partial charge on any atom is 0.191 e. The number of nitrogens with zero attached hydrogens (tertiary/aromatic N) is 1. The fourth-order valence-electron chi connectivity index (χ4n) is 2.32. The molecule has 0 unspecified atom stereocenters. The predicted octanol–water partition coefficient (Wildman–Crippen LogP) is 3.24. The molecule has 0 heterocycles. The summed E-state index contributed by atoms with van der Waals surface area (Å²) in [5.41, 5.74) is 1.07. The summed E-state index contributed by atoms with van der Waals surface area (Å²) < 4.78 is 22.9. The molecule has 0 aliphatic rings. The van der Waals surface area contributed by atoms with Gasteiger partial charge in [0, 0.05) is 42.1 Å². The van der Waals surface area contributed by atoms with E-state index in [4.69, 9.17) is 11.6 Å². The van der Waals surface area contributed by atoms with E-state index in [1.807, 2.05) is 36.4 Å². The quantitative estimate of drug-likeness (QED) is 0.294. The van der Waals surface area contributed by atoms with Gasteiger partial charge in [-0.15, -0.1) is 11.8 Å². The Balaban J connectivity index is 1.68. The van der Waals surface area contributed by atoms with Crippen LogP contribution in [0.25, 0.3) is 0 Å². The van der Waals surface area contributed by atoms with E-state index in [9.17, 15) is 8.42 Å². The van der Waals surface area contributed by atoms with Gasteiger partial charge in [0.05, 0.1) is 4.90 Å². The van der Waals surface area contributed by atoms with Crippen LogP contribution in [0.2, 0.25) is 5.02 Å². The van der Waals surface area contributed by atoms with Crippen molar-refractivity contribution in [2.24, 2.45) is 4.99 Å². The van der Waals surface area contributed by atoms with Crippen molar-refractivity contribution < 1.29 is 8.42 Å². The first kappa shape index (κ1) is 21.6. The highest BCUT2D eigenvalue weighted by molar-refractivity contribution is 7.99. The van der Waals surface area contributed by atoms with Gasteiger partial charge in [0.1, 0.15) is 0 Å². The molecule has 0 spiro atoms. The largest absolute Gasteiger partial charge is 0.356 e. The molecule has 2 rings (SSSR count). The number of sulfone groups is 1. The number of nitrogens with one attached hydrogen (secondary N) is 2. The molecule has 0 atom stereocenters. The van der Waals surface area contributed by atoms with E-state index in [-0.39, 0.29) is 0 Å². The molecule has 0 saturated heterocycles. The minimum absolute atomic E-state index is 0.342. The first-order valence-corrected chi connectivity index (χ1v) is 11.8. The zero-order valence-electron chi connectivity index (χ0n) is 15.4. The fourth-order valence-corrected chi connectivity index (χ4v) is 3.84. The van der Waals surface area contributed by atoms with Gasteiger partial charge in [-0.05, 0) is 48.4 Å². The Morgan fingerprint density at radius 1 is 1.04 bits per heavy atom. The van der Waals surface area contributed by atoms with Gasteiger partial charge >= 0.3 is 0 Å². The molecule has 0 fully saturated rings. The van der Waals surface area contributed by atoms with Crippen LogP contribution in [0.5, 0.6) is 0 Å². The normalized spacial score (nSPS) is 12.0. The molecule has 0 amide bonds. The van der Waals surface area contributed by atoms with Crippen molar-refractivity contribution in [2.75, 3.05) is 32.1 Å². The molecule has 0 radical (unpaired) electrons. The van der Waals surface area contributed by atoms with Crippen molar-refractivity contribution in [1.29, 1.82) is 0 Å². The van der Waals surface area contributed by atoms with Crippen LogP contribution in [-0.2, 0) is 16.3 Å². The fraction of sp³-hybridized carbons (Fsp3) is 0.316. The molecule has 0 saturated carbocycles. The Kier molecular flexibility index (Phi) is 8.47. The van der Waals surface area contributed by atoms with Gasteiger partial charge in [-0.3, -0.25) is 4.99 Å². The third-order valence-electron chi connectivity index (χ3n) is 3.76. The van der Waals surface area contributed by atoms with Crippen molar-refractivity contribution in [3.05, 3.63) is 59.1 Å². The van der Waals surface area contributed by atoms with Gasteiger partial charge in [0.25, 0.3) is 0 Å². The first-order valence-electron chi connectivity index (χ1n) is 8.50. The summed E-state index contributed by atoms with van der Waals surface area (Å²) in [6.07, 6.45) is 1.99. The minimum Gasteiger partial charge on any atom is -0.356 e. The van der Waals surface area contributed by atoms with E-state index < -0.39 is 9.84 Å². The Morgan fingerprint density at radius 2 is 1.67 bits per heavy atom. The van der Waals surface area contributed by atoms with E-state index in [2.05, 4.69) is 15.6 Å². The van der Waals surface area contributed by atoms with Crippen molar-refractivity contribution >= 4 is 39.2 Å². The summed E-state index contributed by atoms with van der Waals surface area (Å²) in [5.74, 6) is 1.66. The Hall–Kier alpha value is -1.70. The SMILES string of the molecule is CN=C(NCCSc1ccc(Cl)cc1)NCCc1ccc(S(C)(=O)=O)cc1. The minimum atomic E-state index is -3.15. The van der Waals surface area contributed by atoms with Gasteiger partial charge in [0.2, 0.25) is 0 Å². The van der Waals surface area contributed by atoms with Crippen LogP contribution in [-0.4, -0.2) is 46.5 Å². The molecule has 8 heteroatoms. The topological polar surface area (TPSA) is 70.6 Å². The molecule has 2 N–H and O–H groups in total. The third-order valence-corrected chi connectivity index (χ3v) is 6.15. The average molecular weight is 426 g/mol. The molecule has 0 aliphatic heterocycles. The number of aliphatic imine (C=N–C) groups is 1. The lowest BCUT2D eigenvalue weighted by Gasteiger charge is -2.12. The van der Waals surface area contributed by atoms with Gasteiger partial charge in [-0.25, -0.2) is 8.42 Å². The highest BCUT2D eigenvalue weighted by atomic mass is 35.5. The summed E-state index contributed by atoms with van der Waals surface area (Å²) in [4.78, 5) is 5.73. The highest BCUT2D eigenvalue weighted by Gasteiger charge is 2.06. The van der Waals surface area contributed by atoms with Crippen LogP contribution < -0.4 is 10.6 Å². The van der Waals surface area contributed by atoms with E-state index in [0.717, 1.165) is 35.3 Å². The lowest BCUT2D eigenvalue weighted by molar-refractivity contribution is 0.602. The van der Waals surface area contributed by atoms with Crippen LogP contribution in [0, 0.1) is 0 Å². The molecule has 0 bridgehead atoms. The molecule has 0 aliphatic carbocycles. The lowest BCUT2D eigenvalue weighted by Crippen LogP contribution is -2.39. The number of thioether (sulfide) groups is 1. The van der Waals surface area contributed by atoms with Crippen LogP contribution in [0.15, 0.2) is 63.3 Å². The van der Waals surface area contributed by atoms with Crippen molar-refractivity contribution in [3.8, 4) is 0 Å². The van der Waals surface area contributed by atoms with Gasteiger partial charge < -0.3 is 10.6 Å². The van der Waals surface area contributed by atoms with Crippen molar-refractivity contribution in [3.63, 3.8) is 0 Å². The van der Waals surface area contributed by atoms with Crippen molar-refractivity contribution in [1.82, 2.24) is 10.6 Å². The van der Waals surface area contributed by atoms with Gasteiger partial charge in [0.15, 0.2) is 15.8 Å². The molecule has 2 aromatic carbocycles. The summed E-state index contributed by atoms with van der Waals surface area (Å²) in [7, 11) is -1.41. The summed E-state index contributed by atoms with van der Waals surface area (Å²) in [6, 6.07) is 14.8. The van der Waals surface area contributed by atoms with Crippen LogP contribution in [0.1, 0.15) is 5.56 Å². The Bertz CT molecular complexity index is 852. The predicted molar refractivity (Wildman–Crippen MR) is 115 cm³/mol. The monoisotopic (exact) mass is 425 g/mol. The van der Waals surface area contributed by atoms with E-state index in [1.165, 1.54) is 11.2 Å². The molecule has 0 aromatic heterocycles. The van der Waals surface area contributed by atoms with Gasteiger partial charge in [-0.1, -0.05) is 23.7 Å². The molecular formula is C19H24ClN3O2S2. The van der Waals surface area contributed by atoms with E-state index in [0.29, 0.717) is 11.4 Å². The average Bonchev–Trinajstić information content (AvgIpc) is 2.65. The maximum atomic E-state index is 11.5.